The fourth-order valence-electron chi connectivity index (χ4n) is 1.23. The summed E-state index contributed by atoms with van der Waals surface area (Å²) in [4.78, 5) is 0. The van der Waals surface area contributed by atoms with Gasteiger partial charge >= 0.3 is 0 Å². The third-order valence-electron chi connectivity index (χ3n) is 1.83. The van der Waals surface area contributed by atoms with Crippen molar-refractivity contribution in [1.82, 2.24) is 5.32 Å². The molecule has 0 aromatic heterocycles. The highest BCUT2D eigenvalue weighted by atomic mass is 32.2. The second-order valence-electron chi connectivity index (χ2n) is 2.82. The molecular formula is C12H17NS. The minimum atomic E-state index is 0.514. The van der Waals surface area contributed by atoms with Crippen LogP contribution < -0.4 is 5.32 Å². The maximum Gasteiger partial charge on any atom is 0.0735 e. The van der Waals surface area contributed by atoms with Crippen LogP contribution in [0.1, 0.15) is 26.3 Å². The SMILES string of the molecule is CC.CC1NC(c2ccccc2)=CS1. The fraction of sp³-hybridized carbons (Fsp3) is 0.333. The van der Waals surface area contributed by atoms with E-state index >= 15 is 0 Å². The first kappa shape index (κ1) is 11.2. The van der Waals surface area contributed by atoms with Gasteiger partial charge in [0.25, 0.3) is 0 Å². The summed E-state index contributed by atoms with van der Waals surface area (Å²) in [5, 5.41) is 6.09. The van der Waals surface area contributed by atoms with Crippen LogP contribution in [-0.2, 0) is 0 Å². The van der Waals surface area contributed by atoms with E-state index in [9.17, 15) is 0 Å². The van der Waals surface area contributed by atoms with Crippen molar-refractivity contribution in [3.8, 4) is 0 Å². The van der Waals surface area contributed by atoms with E-state index in [0.29, 0.717) is 5.37 Å². The first-order valence-electron chi connectivity index (χ1n) is 5.04. The van der Waals surface area contributed by atoms with Gasteiger partial charge in [-0.3, -0.25) is 0 Å². The van der Waals surface area contributed by atoms with Crippen molar-refractivity contribution >= 4 is 17.5 Å². The molecular weight excluding hydrogens is 190 g/mol. The van der Waals surface area contributed by atoms with Gasteiger partial charge in [0.05, 0.1) is 5.37 Å². The molecule has 0 bridgehead atoms. The molecule has 1 nitrogen and oxygen atoms in total. The largest absolute Gasteiger partial charge is 0.372 e. The van der Waals surface area contributed by atoms with Crippen LogP contribution in [0.15, 0.2) is 35.7 Å². The number of benzene rings is 1. The Balaban J connectivity index is 0.000000461. The summed E-state index contributed by atoms with van der Waals surface area (Å²) in [6.45, 7) is 6.16. The molecule has 1 unspecified atom stereocenters. The van der Waals surface area contributed by atoms with Gasteiger partial charge in [-0.2, -0.15) is 0 Å². The van der Waals surface area contributed by atoms with Gasteiger partial charge in [0.2, 0.25) is 0 Å². The van der Waals surface area contributed by atoms with E-state index in [1.807, 2.05) is 31.7 Å². The maximum absolute atomic E-state index is 3.39. The van der Waals surface area contributed by atoms with Crippen LogP contribution >= 0.6 is 11.8 Å². The summed E-state index contributed by atoms with van der Waals surface area (Å²) in [5.41, 5.74) is 2.52. The summed E-state index contributed by atoms with van der Waals surface area (Å²) in [7, 11) is 0. The van der Waals surface area contributed by atoms with Crippen molar-refractivity contribution in [2.75, 3.05) is 0 Å². The first-order chi connectivity index (χ1) is 6.86. The van der Waals surface area contributed by atoms with E-state index in [-0.39, 0.29) is 0 Å². The summed E-state index contributed by atoms with van der Waals surface area (Å²) in [6, 6.07) is 10.4. The molecule has 14 heavy (non-hydrogen) atoms. The Morgan fingerprint density at radius 1 is 1.14 bits per heavy atom. The molecule has 1 atom stereocenters. The van der Waals surface area contributed by atoms with Gasteiger partial charge < -0.3 is 5.32 Å². The van der Waals surface area contributed by atoms with Gasteiger partial charge in [-0.15, -0.1) is 11.8 Å². The van der Waals surface area contributed by atoms with E-state index < -0.39 is 0 Å². The zero-order chi connectivity index (χ0) is 10.4. The Morgan fingerprint density at radius 2 is 1.79 bits per heavy atom. The predicted molar refractivity (Wildman–Crippen MR) is 66.0 cm³/mol. The first-order valence-corrected chi connectivity index (χ1v) is 5.98. The van der Waals surface area contributed by atoms with Crippen LogP contribution in [0.4, 0.5) is 0 Å². The lowest BCUT2D eigenvalue weighted by Crippen LogP contribution is -2.15. The second kappa shape index (κ2) is 5.76. The molecule has 76 valence electrons. The Bertz CT molecular complexity index is 292. The predicted octanol–water partition coefficient (Wildman–Crippen LogP) is 3.69. The molecule has 0 radical (unpaired) electrons. The highest BCUT2D eigenvalue weighted by molar-refractivity contribution is 8.03. The normalized spacial score (nSPS) is 19.1. The van der Waals surface area contributed by atoms with Crippen molar-refractivity contribution in [2.24, 2.45) is 0 Å². The molecule has 0 saturated carbocycles. The van der Waals surface area contributed by atoms with Crippen LogP contribution in [-0.4, -0.2) is 5.37 Å². The zero-order valence-electron chi connectivity index (χ0n) is 8.95. The van der Waals surface area contributed by atoms with Crippen LogP contribution in [0, 0.1) is 0 Å². The quantitative estimate of drug-likeness (QED) is 0.753. The van der Waals surface area contributed by atoms with E-state index in [0.717, 1.165) is 0 Å². The number of hydrogen-bond donors (Lipinski definition) is 1. The van der Waals surface area contributed by atoms with Gasteiger partial charge in [0.1, 0.15) is 0 Å². The van der Waals surface area contributed by atoms with E-state index in [4.69, 9.17) is 0 Å². The average molecular weight is 207 g/mol. The molecule has 1 aliphatic rings. The number of thioether (sulfide) groups is 1. The lowest BCUT2D eigenvalue weighted by molar-refractivity contribution is 0.892. The molecule has 1 N–H and O–H groups in total. The summed E-state index contributed by atoms with van der Waals surface area (Å²) < 4.78 is 0. The molecule has 0 aliphatic carbocycles. The highest BCUT2D eigenvalue weighted by Gasteiger charge is 2.11. The molecule has 0 fully saturated rings. The molecule has 2 heteroatoms. The topological polar surface area (TPSA) is 12.0 Å². The lowest BCUT2D eigenvalue weighted by atomic mass is 10.2. The van der Waals surface area contributed by atoms with Gasteiger partial charge in [0, 0.05) is 5.70 Å². The minimum Gasteiger partial charge on any atom is -0.372 e. The zero-order valence-corrected chi connectivity index (χ0v) is 9.77. The lowest BCUT2D eigenvalue weighted by Gasteiger charge is -2.06. The van der Waals surface area contributed by atoms with Gasteiger partial charge in [-0.1, -0.05) is 44.2 Å². The second-order valence-corrected chi connectivity index (χ2v) is 4.04. The van der Waals surface area contributed by atoms with Crippen molar-refractivity contribution < 1.29 is 0 Å². The summed E-state index contributed by atoms with van der Waals surface area (Å²) >= 11 is 1.83. The number of rotatable bonds is 1. The van der Waals surface area contributed by atoms with Gasteiger partial charge in [0.15, 0.2) is 0 Å². The Hall–Kier alpha value is -0.890. The molecule has 0 spiro atoms. The number of nitrogens with one attached hydrogen (secondary N) is 1. The van der Waals surface area contributed by atoms with Crippen molar-refractivity contribution in [1.29, 1.82) is 0 Å². The number of hydrogen-bond acceptors (Lipinski definition) is 2. The molecule has 1 heterocycles. The smallest absolute Gasteiger partial charge is 0.0735 e. The highest BCUT2D eigenvalue weighted by Crippen LogP contribution is 2.26. The van der Waals surface area contributed by atoms with Crippen molar-refractivity contribution in [2.45, 2.75) is 26.1 Å². The van der Waals surface area contributed by atoms with Crippen molar-refractivity contribution in [3.63, 3.8) is 0 Å². The average Bonchev–Trinajstić information content (AvgIpc) is 2.69. The molecule has 2 rings (SSSR count). The molecule has 0 amide bonds. The van der Waals surface area contributed by atoms with Crippen LogP contribution in [0.2, 0.25) is 0 Å². The van der Waals surface area contributed by atoms with E-state index in [2.05, 4.69) is 41.9 Å². The monoisotopic (exact) mass is 207 g/mol. The standard InChI is InChI=1S/C10H11NS.C2H6/c1-8-11-10(7-12-8)9-5-3-2-4-6-9;1-2/h2-8,11H,1H3;1-2H3. The third-order valence-corrected chi connectivity index (χ3v) is 2.73. The molecule has 1 aromatic rings. The van der Waals surface area contributed by atoms with Crippen LogP contribution in [0.5, 0.6) is 0 Å². The van der Waals surface area contributed by atoms with E-state index in [1.165, 1.54) is 11.3 Å². The van der Waals surface area contributed by atoms with E-state index in [1.54, 1.807) is 0 Å². The Labute approximate surface area is 90.6 Å². The Morgan fingerprint density at radius 3 is 2.29 bits per heavy atom. The Kier molecular flexibility index (Phi) is 4.60. The molecule has 1 aliphatic heterocycles. The molecule has 1 aromatic carbocycles. The van der Waals surface area contributed by atoms with Crippen molar-refractivity contribution in [3.05, 3.63) is 41.3 Å². The summed E-state index contributed by atoms with van der Waals surface area (Å²) in [5.74, 6) is 0. The molecule has 0 saturated heterocycles. The summed E-state index contributed by atoms with van der Waals surface area (Å²) in [6.07, 6.45) is 0. The van der Waals surface area contributed by atoms with Gasteiger partial charge in [-0.05, 0) is 17.9 Å². The maximum atomic E-state index is 3.39. The van der Waals surface area contributed by atoms with Crippen LogP contribution in [0.25, 0.3) is 5.70 Å². The minimum absolute atomic E-state index is 0.514. The van der Waals surface area contributed by atoms with Gasteiger partial charge in [-0.25, -0.2) is 0 Å². The fourth-order valence-corrected chi connectivity index (χ4v) is 1.97. The third kappa shape index (κ3) is 2.81. The van der Waals surface area contributed by atoms with Crippen LogP contribution in [0.3, 0.4) is 0 Å².